The lowest BCUT2D eigenvalue weighted by molar-refractivity contribution is 0.395. The molecule has 2 aromatic rings. The summed E-state index contributed by atoms with van der Waals surface area (Å²) in [5.74, 6) is 0.567. The Balaban J connectivity index is 2.29. The first-order valence-corrected chi connectivity index (χ1v) is 5.88. The minimum Gasteiger partial charge on any atom is -0.480 e. The molecule has 0 aliphatic carbocycles. The molecule has 0 aliphatic rings. The quantitative estimate of drug-likeness (QED) is 0.810. The van der Waals surface area contributed by atoms with Crippen LogP contribution in [0.3, 0.4) is 0 Å². The smallest absolute Gasteiger partial charge is 0.325 e. The monoisotopic (exact) mass is 243 g/mol. The van der Waals surface area contributed by atoms with Gasteiger partial charge in [-0.15, -0.1) is 0 Å². The summed E-state index contributed by atoms with van der Waals surface area (Å²) in [4.78, 5) is 11.4. The first kappa shape index (κ1) is 10.3. The van der Waals surface area contributed by atoms with Gasteiger partial charge in [0.1, 0.15) is 5.01 Å². The summed E-state index contributed by atoms with van der Waals surface area (Å²) in [6.07, 6.45) is 0. The Hall–Kier alpha value is -1.21. The van der Waals surface area contributed by atoms with E-state index in [2.05, 4.69) is 9.47 Å². The van der Waals surface area contributed by atoms with E-state index in [1.807, 2.05) is 12.3 Å². The molecule has 0 saturated heterocycles. The van der Waals surface area contributed by atoms with E-state index in [1.165, 1.54) is 16.2 Å². The molecular weight excluding hydrogens is 234 g/mol. The highest BCUT2D eigenvalue weighted by atomic mass is 32.1. The normalized spacial score (nSPS) is 10.5. The SMILES string of the molecule is COc1nscc1Cn1nc(C)sc1=O. The van der Waals surface area contributed by atoms with Gasteiger partial charge in [0.25, 0.3) is 0 Å². The molecule has 0 spiro atoms. The molecule has 0 saturated carbocycles. The molecule has 0 N–H and O–H groups in total. The topological polar surface area (TPSA) is 57.0 Å². The van der Waals surface area contributed by atoms with Crippen molar-refractivity contribution < 1.29 is 4.74 Å². The van der Waals surface area contributed by atoms with Crippen LogP contribution in [-0.4, -0.2) is 21.3 Å². The van der Waals surface area contributed by atoms with E-state index in [9.17, 15) is 4.79 Å². The van der Waals surface area contributed by atoms with Gasteiger partial charge in [-0.3, -0.25) is 4.79 Å². The van der Waals surface area contributed by atoms with Gasteiger partial charge in [0.2, 0.25) is 5.88 Å². The summed E-state index contributed by atoms with van der Waals surface area (Å²) < 4.78 is 10.5. The Labute approximate surface area is 94.1 Å². The van der Waals surface area contributed by atoms with Gasteiger partial charge in [-0.05, 0) is 18.5 Å². The Bertz CT molecular complexity index is 514. The summed E-state index contributed by atoms with van der Waals surface area (Å²) in [5.41, 5.74) is 0.884. The van der Waals surface area contributed by atoms with Crippen molar-refractivity contribution in [3.63, 3.8) is 0 Å². The lowest BCUT2D eigenvalue weighted by atomic mass is 10.3. The minimum absolute atomic E-state index is 0.0549. The number of ether oxygens (including phenoxy) is 1. The fourth-order valence-electron chi connectivity index (χ4n) is 1.19. The van der Waals surface area contributed by atoms with Gasteiger partial charge < -0.3 is 4.74 Å². The maximum absolute atomic E-state index is 11.4. The molecule has 0 aromatic carbocycles. The Morgan fingerprint density at radius 3 is 3.00 bits per heavy atom. The van der Waals surface area contributed by atoms with Gasteiger partial charge in [-0.25, -0.2) is 4.68 Å². The Morgan fingerprint density at radius 1 is 1.60 bits per heavy atom. The van der Waals surface area contributed by atoms with Crippen LogP contribution < -0.4 is 9.61 Å². The predicted molar refractivity (Wildman–Crippen MR) is 58.9 cm³/mol. The maximum atomic E-state index is 11.4. The number of methoxy groups -OCH3 is 1. The standard InChI is InChI=1S/C8H9N3O2S2/c1-5-9-11(8(12)15-5)3-6-4-14-10-7(6)13-2/h4H,3H2,1-2H3. The van der Waals surface area contributed by atoms with Crippen molar-refractivity contribution >= 4 is 22.9 Å². The van der Waals surface area contributed by atoms with E-state index in [0.29, 0.717) is 12.4 Å². The van der Waals surface area contributed by atoms with Crippen LogP contribution in [0.4, 0.5) is 0 Å². The van der Waals surface area contributed by atoms with E-state index in [1.54, 1.807) is 7.11 Å². The molecule has 7 heteroatoms. The average molecular weight is 243 g/mol. The van der Waals surface area contributed by atoms with Crippen molar-refractivity contribution in [2.24, 2.45) is 0 Å². The van der Waals surface area contributed by atoms with Crippen molar-refractivity contribution in [1.82, 2.24) is 14.2 Å². The second-order valence-electron chi connectivity index (χ2n) is 2.89. The predicted octanol–water partition coefficient (Wildman–Crippen LogP) is 1.13. The van der Waals surface area contributed by atoms with E-state index >= 15 is 0 Å². The Morgan fingerprint density at radius 2 is 2.40 bits per heavy atom. The van der Waals surface area contributed by atoms with E-state index in [4.69, 9.17) is 4.74 Å². The number of aromatic nitrogens is 3. The average Bonchev–Trinajstić information content (AvgIpc) is 2.74. The zero-order valence-electron chi connectivity index (χ0n) is 8.26. The van der Waals surface area contributed by atoms with Crippen LogP contribution in [0.25, 0.3) is 0 Å². The summed E-state index contributed by atoms with van der Waals surface area (Å²) in [6.45, 7) is 2.23. The summed E-state index contributed by atoms with van der Waals surface area (Å²) in [7, 11) is 1.56. The molecule has 0 radical (unpaired) electrons. The molecule has 0 atom stereocenters. The highest BCUT2D eigenvalue weighted by molar-refractivity contribution is 7.08. The zero-order valence-corrected chi connectivity index (χ0v) is 9.89. The molecule has 5 nitrogen and oxygen atoms in total. The van der Waals surface area contributed by atoms with Crippen LogP contribution in [0, 0.1) is 6.92 Å². The van der Waals surface area contributed by atoms with Crippen LogP contribution in [0.15, 0.2) is 10.2 Å². The molecule has 0 amide bonds. The molecule has 0 aliphatic heterocycles. The number of nitrogens with zero attached hydrogens (tertiary/aromatic N) is 3. The summed E-state index contributed by atoms with van der Waals surface area (Å²) in [5, 5.41) is 6.73. The second kappa shape index (κ2) is 4.11. The van der Waals surface area contributed by atoms with Gasteiger partial charge in [0.05, 0.1) is 13.7 Å². The molecule has 80 valence electrons. The fourth-order valence-corrected chi connectivity index (χ4v) is 2.44. The third-order valence-corrected chi connectivity index (χ3v) is 3.25. The third kappa shape index (κ3) is 2.07. The Kier molecular flexibility index (Phi) is 2.83. The van der Waals surface area contributed by atoms with Crippen LogP contribution in [0.2, 0.25) is 0 Å². The van der Waals surface area contributed by atoms with Crippen molar-refractivity contribution in [1.29, 1.82) is 0 Å². The summed E-state index contributed by atoms with van der Waals surface area (Å²) >= 11 is 2.45. The molecule has 15 heavy (non-hydrogen) atoms. The molecule has 2 rings (SSSR count). The lowest BCUT2D eigenvalue weighted by Gasteiger charge is -1.99. The number of hydrogen-bond donors (Lipinski definition) is 0. The van der Waals surface area contributed by atoms with Gasteiger partial charge in [0, 0.05) is 10.9 Å². The number of rotatable bonds is 3. The van der Waals surface area contributed by atoms with Crippen LogP contribution >= 0.6 is 22.9 Å². The molecular formula is C8H9N3O2S2. The van der Waals surface area contributed by atoms with Crippen LogP contribution in [0.1, 0.15) is 10.6 Å². The maximum Gasteiger partial charge on any atom is 0.325 e. The van der Waals surface area contributed by atoms with Crippen molar-refractivity contribution in [2.75, 3.05) is 7.11 Å². The zero-order chi connectivity index (χ0) is 10.8. The van der Waals surface area contributed by atoms with E-state index in [-0.39, 0.29) is 4.87 Å². The van der Waals surface area contributed by atoms with Crippen molar-refractivity contribution in [3.8, 4) is 5.88 Å². The minimum atomic E-state index is -0.0549. The van der Waals surface area contributed by atoms with Gasteiger partial charge in [0.15, 0.2) is 0 Å². The molecule has 0 bridgehead atoms. The van der Waals surface area contributed by atoms with Crippen molar-refractivity contribution in [3.05, 3.63) is 25.6 Å². The molecule has 0 fully saturated rings. The lowest BCUT2D eigenvalue weighted by Crippen LogP contribution is -2.15. The number of hydrogen-bond acceptors (Lipinski definition) is 6. The van der Waals surface area contributed by atoms with Crippen LogP contribution in [0.5, 0.6) is 5.88 Å². The molecule has 2 aromatic heterocycles. The molecule has 0 unspecified atom stereocenters. The van der Waals surface area contributed by atoms with Crippen LogP contribution in [-0.2, 0) is 6.54 Å². The second-order valence-corrected chi connectivity index (χ2v) is 4.67. The van der Waals surface area contributed by atoms with Gasteiger partial charge in [-0.1, -0.05) is 11.3 Å². The largest absolute Gasteiger partial charge is 0.480 e. The third-order valence-electron chi connectivity index (χ3n) is 1.83. The van der Waals surface area contributed by atoms with Gasteiger partial charge >= 0.3 is 4.87 Å². The first-order valence-electron chi connectivity index (χ1n) is 4.22. The highest BCUT2D eigenvalue weighted by Gasteiger charge is 2.09. The number of aryl methyl sites for hydroxylation is 1. The highest BCUT2D eigenvalue weighted by Crippen LogP contribution is 2.18. The summed E-state index contributed by atoms with van der Waals surface area (Å²) in [6, 6.07) is 0. The fraction of sp³-hybridized carbons (Fsp3) is 0.375. The van der Waals surface area contributed by atoms with Crippen molar-refractivity contribution in [2.45, 2.75) is 13.5 Å². The molecule has 2 heterocycles. The van der Waals surface area contributed by atoms with E-state index < -0.39 is 0 Å². The van der Waals surface area contributed by atoms with E-state index in [0.717, 1.165) is 21.9 Å². The first-order chi connectivity index (χ1) is 7.20. The van der Waals surface area contributed by atoms with Gasteiger partial charge in [-0.2, -0.15) is 9.47 Å².